The maximum atomic E-state index is 13.0. The summed E-state index contributed by atoms with van der Waals surface area (Å²) in [6, 6.07) is 0. The van der Waals surface area contributed by atoms with Crippen LogP contribution in [-0.4, -0.2) is 26.6 Å². The van der Waals surface area contributed by atoms with Crippen molar-refractivity contribution in [2.75, 3.05) is 0 Å². The predicted octanol–water partition coefficient (Wildman–Crippen LogP) is 1.54. The third kappa shape index (κ3) is 2.14. The van der Waals surface area contributed by atoms with E-state index < -0.39 is 29.8 Å². The summed E-state index contributed by atoms with van der Waals surface area (Å²) in [4.78, 5) is 15.1. The molecule has 0 unspecified atom stereocenters. The summed E-state index contributed by atoms with van der Waals surface area (Å²) in [6.45, 7) is 0. The molecule has 0 spiro atoms. The lowest BCUT2D eigenvalue weighted by Crippen LogP contribution is -2.46. The number of rotatable bonds is 4. The van der Waals surface area contributed by atoms with Crippen LogP contribution in [0.4, 0.5) is 13.2 Å². The number of hydrogen-bond acceptors (Lipinski definition) is 3. The smallest absolute Gasteiger partial charge is 0.374 e. The van der Waals surface area contributed by atoms with Crippen molar-refractivity contribution in [1.29, 1.82) is 0 Å². The molecule has 1 atom stereocenters. The molecule has 0 aromatic carbocycles. The van der Waals surface area contributed by atoms with E-state index in [1.54, 1.807) is 0 Å². The molecule has 1 heterocycles. The van der Waals surface area contributed by atoms with Crippen molar-refractivity contribution < 1.29 is 23.1 Å². The second-order valence-electron chi connectivity index (χ2n) is 4.64. The Balaban J connectivity index is 2.34. The number of aliphatic hydroxyl groups is 1. The number of Topliss-reactive ketones (excluding diaryl/α,β-unsaturated/α-hetero) is 1. The lowest BCUT2D eigenvalue weighted by Gasteiger charge is -2.29. The van der Waals surface area contributed by atoms with Gasteiger partial charge in [0.1, 0.15) is 5.78 Å². The number of hydrogen-bond donors (Lipinski definition) is 1. The molecule has 0 aliphatic heterocycles. The molecule has 1 N–H and O–H groups in total. The fraction of sp³-hybridized carbons (Fsp3) is 0.636. The quantitative estimate of drug-likeness (QED) is 0.895. The standard InChI is InChI=1S/C11H13F3N2O2/c1-16-5-4-15-9(16)10(18,11(12,13)14)6-8(17)7-2-3-7/h4-5,7,18H,2-3,6H2,1H3/t10-/m1/s1. The molecule has 100 valence electrons. The Morgan fingerprint density at radius 3 is 2.56 bits per heavy atom. The average molecular weight is 262 g/mol. The highest BCUT2D eigenvalue weighted by Crippen LogP contribution is 2.43. The fourth-order valence-corrected chi connectivity index (χ4v) is 1.87. The third-order valence-electron chi connectivity index (χ3n) is 3.12. The van der Waals surface area contributed by atoms with Crippen LogP contribution in [0.15, 0.2) is 12.4 Å². The van der Waals surface area contributed by atoms with Crippen molar-refractivity contribution in [2.24, 2.45) is 13.0 Å². The lowest BCUT2D eigenvalue weighted by molar-refractivity contribution is -0.271. The van der Waals surface area contributed by atoms with Crippen LogP contribution in [-0.2, 0) is 17.4 Å². The minimum Gasteiger partial charge on any atom is -0.374 e. The molecule has 1 aliphatic carbocycles. The van der Waals surface area contributed by atoms with Gasteiger partial charge in [-0.1, -0.05) is 0 Å². The number of imidazole rings is 1. The van der Waals surface area contributed by atoms with Crippen LogP contribution in [0.3, 0.4) is 0 Å². The molecule has 2 rings (SSSR count). The Kier molecular flexibility index (Phi) is 2.96. The Bertz CT molecular complexity index is 465. The fourth-order valence-electron chi connectivity index (χ4n) is 1.87. The Morgan fingerprint density at radius 2 is 2.17 bits per heavy atom. The van der Waals surface area contributed by atoms with Crippen LogP contribution >= 0.6 is 0 Å². The summed E-state index contributed by atoms with van der Waals surface area (Å²) in [6.07, 6.45) is -2.23. The van der Waals surface area contributed by atoms with Crippen LogP contribution < -0.4 is 0 Å². The molecule has 4 nitrogen and oxygen atoms in total. The van der Waals surface area contributed by atoms with Crippen molar-refractivity contribution in [1.82, 2.24) is 9.55 Å². The molecule has 0 bridgehead atoms. The summed E-state index contributed by atoms with van der Waals surface area (Å²) in [5, 5.41) is 9.91. The van der Waals surface area contributed by atoms with E-state index in [-0.39, 0.29) is 5.92 Å². The number of alkyl halides is 3. The third-order valence-corrected chi connectivity index (χ3v) is 3.12. The van der Waals surface area contributed by atoms with Crippen LogP contribution in [0.5, 0.6) is 0 Å². The van der Waals surface area contributed by atoms with Gasteiger partial charge in [0.05, 0.1) is 6.42 Å². The number of carbonyl (C=O) groups is 1. The van der Waals surface area contributed by atoms with Gasteiger partial charge in [-0.2, -0.15) is 13.2 Å². The first-order valence-corrected chi connectivity index (χ1v) is 5.55. The molecule has 1 saturated carbocycles. The van der Waals surface area contributed by atoms with Crippen molar-refractivity contribution in [3.05, 3.63) is 18.2 Å². The minimum absolute atomic E-state index is 0.334. The second-order valence-corrected chi connectivity index (χ2v) is 4.64. The first-order valence-electron chi connectivity index (χ1n) is 5.55. The van der Waals surface area contributed by atoms with Crippen LogP contribution in [0.2, 0.25) is 0 Å². The summed E-state index contributed by atoms with van der Waals surface area (Å²) < 4.78 is 40.2. The molecule has 1 aromatic rings. The van der Waals surface area contributed by atoms with Crippen molar-refractivity contribution in [3.8, 4) is 0 Å². The zero-order chi connectivity index (χ0) is 13.6. The minimum atomic E-state index is -4.93. The van der Waals surface area contributed by atoms with E-state index in [1.807, 2.05) is 0 Å². The van der Waals surface area contributed by atoms with Gasteiger partial charge in [-0.25, -0.2) is 4.98 Å². The molecule has 7 heteroatoms. The van der Waals surface area contributed by atoms with Gasteiger partial charge in [-0.15, -0.1) is 0 Å². The summed E-state index contributed by atoms with van der Waals surface area (Å²) in [5.41, 5.74) is -3.20. The van der Waals surface area contributed by atoms with E-state index >= 15 is 0 Å². The molecule has 1 fully saturated rings. The first kappa shape index (κ1) is 13.1. The molecular formula is C11H13F3N2O2. The summed E-state index contributed by atoms with van der Waals surface area (Å²) in [7, 11) is 1.35. The second kappa shape index (κ2) is 4.08. The van der Waals surface area contributed by atoms with E-state index in [1.165, 1.54) is 13.2 Å². The molecule has 0 saturated heterocycles. The topological polar surface area (TPSA) is 55.1 Å². The lowest BCUT2D eigenvalue weighted by atomic mass is 9.93. The number of aromatic nitrogens is 2. The van der Waals surface area contributed by atoms with Crippen molar-refractivity contribution in [2.45, 2.75) is 31.0 Å². The highest BCUT2D eigenvalue weighted by molar-refractivity contribution is 5.84. The Hall–Kier alpha value is -1.37. The van der Waals surface area contributed by atoms with Crippen LogP contribution in [0.25, 0.3) is 0 Å². The maximum Gasteiger partial charge on any atom is 0.424 e. The van der Waals surface area contributed by atoms with Gasteiger partial charge in [-0.3, -0.25) is 4.79 Å². The molecule has 0 radical (unpaired) electrons. The van der Waals surface area contributed by atoms with Gasteiger partial charge < -0.3 is 9.67 Å². The first-order chi connectivity index (χ1) is 8.25. The SMILES string of the molecule is Cn1ccnc1[C@](O)(CC(=O)C1CC1)C(F)(F)F. The van der Waals surface area contributed by atoms with Crippen LogP contribution in [0, 0.1) is 5.92 Å². The molecule has 0 amide bonds. The number of ketones is 1. The van der Waals surface area contributed by atoms with Gasteiger partial charge in [0.2, 0.25) is 5.60 Å². The maximum absolute atomic E-state index is 13.0. The summed E-state index contributed by atoms with van der Waals surface area (Å²) >= 11 is 0. The van der Waals surface area contributed by atoms with Crippen LogP contribution in [0.1, 0.15) is 25.1 Å². The Labute approximate surface area is 101 Å². The van der Waals surface area contributed by atoms with Gasteiger partial charge in [0.25, 0.3) is 0 Å². The monoisotopic (exact) mass is 262 g/mol. The largest absolute Gasteiger partial charge is 0.424 e. The van der Waals surface area contributed by atoms with E-state index in [0.29, 0.717) is 12.8 Å². The number of carbonyl (C=O) groups excluding carboxylic acids is 1. The van der Waals surface area contributed by atoms with E-state index in [2.05, 4.69) is 4.98 Å². The highest BCUT2D eigenvalue weighted by atomic mass is 19.4. The molecule has 18 heavy (non-hydrogen) atoms. The molecular weight excluding hydrogens is 249 g/mol. The van der Waals surface area contributed by atoms with Crippen molar-refractivity contribution >= 4 is 5.78 Å². The number of halogens is 3. The van der Waals surface area contributed by atoms with Gasteiger partial charge in [0.15, 0.2) is 5.82 Å². The van der Waals surface area contributed by atoms with E-state index in [0.717, 1.165) is 10.8 Å². The zero-order valence-electron chi connectivity index (χ0n) is 9.74. The van der Waals surface area contributed by atoms with Gasteiger partial charge in [0, 0.05) is 25.4 Å². The number of nitrogens with zero attached hydrogens (tertiary/aromatic N) is 2. The number of aryl methyl sites for hydroxylation is 1. The normalized spacial score (nSPS) is 19.6. The van der Waals surface area contributed by atoms with E-state index in [9.17, 15) is 23.1 Å². The zero-order valence-corrected chi connectivity index (χ0v) is 9.74. The summed E-state index contributed by atoms with van der Waals surface area (Å²) in [5.74, 6) is -1.44. The van der Waals surface area contributed by atoms with Crippen molar-refractivity contribution in [3.63, 3.8) is 0 Å². The molecule has 1 aliphatic rings. The average Bonchev–Trinajstić information content (AvgIpc) is 3.00. The van der Waals surface area contributed by atoms with Gasteiger partial charge >= 0.3 is 6.18 Å². The highest BCUT2D eigenvalue weighted by Gasteiger charge is 2.59. The molecule has 1 aromatic heterocycles. The van der Waals surface area contributed by atoms with Gasteiger partial charge in [-0.05, 0) is 12.8 Å². The predicted molar refractivity (Wildman–Crippen MR) is 55.5 cm³/mol. The van der Waals surface area contributed by atoms with E-state index in [4.69, 9.17) is 0 Å². The Morgan fingerprint density at radius 1 is 1.56 bits per heavy atom.